The van der Waals surface area contributed by atoms with E-state index < -0.39 is 6.23 Å². The van der Waals surface area contributed by atoms with Crippen LogP contribution in [0.3, 0.4) is 0 Å². The lowest BCUT2D eigenvalue weighted by Crippen LogP contribution is -2.37. The Bertz CT molecular complexity index is 470. The molecule has 1 aliphatic heterocycles. The van der Waals surface area contributed by atoms with Crippen LogP contribution in [0.1, 0.15) is 24.9 Å². The Hall–Kier alpha value is -1.94. The van der Waals surface area contributed by atoms with Gasteiger partial charge in [-0.3, -0.25) is 14.5 Å². The highest BCUT2D eigenvalue weighted by atomic mass is 16.5. The maximum absolute atomic E-state index is 12.2. The Kier molecular flexibility index (Phi) is 4.47. The van der Waals surface area contributed by atoms with Crippen LogP contribution in [0.2, 0.25) is 0 Å². The van der Waals surface area contributed by atoms with E-state index in [0.29, 0.717) is 12.9 Å². The monoisotopic (exact) mass is 259 g/mol. The van der Waals surface area contributed by atoms with Crippen LogP contribution in [0.25, 0.3) is 0 Å². The standard InChI is InChI=1S/C15H17NO3/c1-2-3-9-14(18)16-13(11-19-15(16)10-17)12-7-5-4-6-8-12/h3-10,13,15H,2,11H2,1H3/b9-3+/t13-,15?/m1/s1. The normalized spacial score (nSPS) is 22.9. The number of hydrogen-bond acceptors (Lipinski definition) is 3. The quantitative estimate of drug-likeness (QED) is 0.614. The van der Waals surface area contributed by atoms with Gasteiger partial charge in [0.1, 0.15) is 0 Å². The molecule has 0 N–H and O–H groups in total. The number of benzene rings is 1. The molecule has 19 heavy (non-hydrogen) atoms. The van der Waals surface area contributed by atoms with Gasteiger partial charge < -0.3 is 4.74 Å². The van der Waals surface area contributed by atoms with E-state index in [-0.39, 0.29) is 11.9 Å². The first-order valence-electron chi connectivity index (χ1n) is 6.38. The molecule has 0 spiro atoms. The lowest BCUT2D eigenvalue weighted by atomic mass is 10.1. The van der Waals surface area contributed by atoms with Crippen molar-refractivity contribution in [3.8, 4) is 0 Å². The van der Waals surface area contributed by atoms with Gasteiger partial charge in [0.05, 0.1) is 12.6 Å². The van der Waals surface area contributed by atoms with E-state index in [1.165, 1.54) is 11.0 Å². The van der Waals surface area contributed by atoms with Gasteiger partial charge in [-0.2, -0.15) is 0 Å². The maximum atomic E-state index is 12.2. The van der Waals surface area contributed by atoms with Crippen molar-refractivity contribution in [2.24, 2.45) is 0 Å². The molecule has 1 unspecified atom stereocenters. The van der Waals surface area contributed by atoms with E-state index in [2.05, 4.69) is 0 Å². The minimum atomic E-state index is -0.792. The summed E-state index contributed by atoms with van der Waals surface area (Å²) in [6.07, 6.45) is 3.94. The largest absolute Gasteiger partial charge is 0.349 e. The number of carbonyl (C=O) groups is 2. The van der Waals surface area contributed by atoms with E-state index >= 15 is 0 Å². The van der Waals surface area contributed by atoms with Crippen molar-refractivity contribution in [2.75, 3.05) is 6.61 Å². The number of hydrogen-bond donors (Lipinski definition) is 0. The van der Waals surface area contributed by atoms with Gasteiger partial charge in [0.15, 0.2) is 12.5 Å². The molecule has 4 heteroatoms. The van der Waals surface area contributed by atoms with Crippen LogP contribution in [0.5, 0.6) is 0 Å². The average Bonchev–Trinajstić information content (AvgIpc) is 2.89. The Morgan fingerprint density at radius 3 is 2.79 bits per heavy atom. The van der Waals surface area contributed by atoms with E-state index in [0.717, 1.165) is 12.0 Å². The van der Waals surface area contributed by atoms with Gasteiger partial charge in [-0.25, -0.2) is 0 Å². The van der Waals surface area contributed by atoms with E-state index in [1.54, 1.807) is 6.08 Å². The topological polar surface area (TPSA) is 46.6 Å². The molecule has 0 saturated carbocycles. The summed E-state index contributed by atoms with van der Waals surface area (Å²) in [6.45, 7) is 2.30. The molecule has 1 fully saturated rings. The Morgan fingerprint density at radius 2 is 2.16 bits per heavy atom. The third kappa shape index (κ3) is 2.90. The fourth-order valence-electron chi connectivity index (χ4n) is 2.15. The molecule has 1 aromatic rings. The average molecular weight is 259 g/mol. The lowest BCUT2D eigenvalue weighted by Gasteiger charge is -2.24. The number of rotatable bonds is 4. The molecule has 100 valence electrons. The molecule has 1 saturated heterocycles. The number of nitrogens with zero attached hydrogens (tertiary/aromatic N) is 1. The summed E-state index contributed by atoms with van der Waals surface area (Å²) in [5, 5.41) is 0. The van der Waals surface area contributed by atoms with Gasteiger partial charge >= 0.3 is 0 Å². The fourth-order valence-corrected chi connectivity index (χ4v) is 2.15. The third-order valence-electron chi connectivity index (χ3n) is 3.09. The molecule has 0 aliphatic carbocycles. The number of aldehydes is 1. The molecule has 2 atom stereocenters. The van der Waals surface area contributed by atoms with Crippen LogP contribution in [0.15, 0.2) is 42.5 Å². The van der Waals surface area contributed by atoms with Crippen molar-refractivity contribution in [3.63, 3.8) is 0 Å². The summed E-state index contributed by atoms with van der Waals surface area (Å²) in [5.41, 5.74) is 0.977. The fraction of sp³-hybridized carbons (Fsp3) is 0.333. The first-order chi connectivity index (χ1) is 9.27. The smallest absolute Gasteiger partial charge is 0.249 e. The van der Waals surface area contributed by atoms with Crippen LogP contribution in [-0.2, 0) is 14.3 Å². The molecule has 0 bridgehead atoms. The minimum Gasteiger partial charge on any atom is -0.349 e. The molecule has 1 aliphatic rings. The summed E-state index contributed by atoms with van der Waals surface area (Å²) < 4.78 is 5.39. The molecule has 1 amide bonds. The lowest BCUT2D eigenvalue weighted by molar-refractivity contribution is -0.138. The van der Waals surface area contributed by atoms with Crippen molar-refractivity contribution in [1.29, 1.82) is 0 Å². The molecule has 0 aromatic heterocycles. The zero-order valence-corrected chi connectivity index (χ0v) is 10.9. The molecule has 1 aromatic carbocycles. The molecular weight excluding hydrogens is 242 g/mol. The first-order valence-corrected chi connectivity index (χ1v) is 6.38. The maximum Gasteiger partial charge on any atom is 0.249 e. The molecule has 1 heterocycles. The van der Waals surface area contributed by atoms with Gasteiger partial charge in [-0.1, -0.05) is 43.3 Å². The van der Waals surface area contributed by atoms with Crippen LogP contribution in [0.4, 0.5) is 0 Å². The van der Waals surface area contributed by atoms with Crippen LogP contribution < -0.4 is 0 Å². The Balaban J connectivity index is 2.25. The summed E-state index contributed by atoms with van der Waals surface area (Å²) in [6, 6.07) is 9.41. The van der Waals surface area contributed by atoms with E-state index in [9.17, 15) is 9.59 Å². The summed E-state index contributed by atoms with van der Waals surface area (Å²) in [5.74, 6) is -0.190. The zero-order valence-electron chi connectivity index (χ0n) is 10.9. The number of allylic oxidation sites excluding steroid dienone is 1. The molecular formula is C15H17NO3. The van der Waals surface area contributed by atoms with Crippen LogP contribution >= 0.6 is 0 Å². The summed E-state index contributed by atoms with van der Waals surface area (Å²) >= 11 is 0. The highest BCUT2D eigenvalue weighted by molar-refractivity contribution is 5.90. The third-order valence-corrected chi connectivity index (χ3v) is 3.09. The Morgan fingerprint density at radius 1 is 1.42 bits per heavy atom. The molecule has 2 rings (SSSR count). The minimum absolute atomic E-state index is 0.190. The van der Waals surface area contributed by atoms with Crippen LogP contribution in [0, 0.1) is 0 Å². The number of amides is 1. The predicted octanol–water partition coefficient (Wildman–Crippen LogP) is 2.08. The van der Waals surface area contributed by atoms with E-state index in [4.69, 9.17) is 4.74 Å². The SMILES string of the molecule is CC/C=C/C(=O)N1C(C=O)OC[C@@H]1c1ccccc1. The van der Waals surface area contributed by atoms with Gasteiger partial charge in [-0.05, 0) is 18.1 Å². The van der Waals surface area contributed by atoms with Crippen molar-refractivity contribution in [3.05, 3.63) is 48.0 Å². The van der Waals surface area contributed by atoms with Gasteiger partial charge in [-0.15, -0.1) is 0 Å². The molecule has 4 nitrogen and oxygen atoms in total. The number of ether oxygens (including phenoxy) is 1. The van der Waals surface area contributed by atoms with E-state index in [1.807, 2.05) is 37.3 Å². The second-order valence-corrected chi connectivity index (χ2v) is 4.34. The summed E-state index contributed by atoms with van der Waals surface area (Å²) in [7, 11) is 0. The first kappa shape index (κ1) is 13.5. The highest BCUT2D eigenvalue weighted by Gasteiger charge is 2.37. The van der Waals surface area contributed by atoms with Crippen LogP contribution in [-0.4, -0.2) is 29.9 Å². The highest BCUT2D eigenvalue weighted by Crippen LogP contribution is 2.29. The van der Waals surface area contributed by atoms with Crippen molar-refractivity contribution in [1.82, 2.24) is 4.90 Å². The second kappa shape index (κ2) is 6.29. The van der Waals surface area contributed by atoms with Gasteiger partial charge in [0, 0.05) is 0 Å². The van der Waals surface area contributed by atoms with Gasteiger partial charge in [0.2, 0.25) is 5.91 Å². The summed E-state index contributed by atoms with van der Waals surface area (Å²) in [4.78, 5) is 24.7. The molecule has 0 radical (unpaired) electrons. The predicted molar refractivity (Wildman–Crippen MR) is 71.3 cm³/mol. The second-order valence-electron chi connectivity index (χ2n) is 4.34. The van der Waals surface area contributed by atoms with Crippen molar-refractivity contribution >= 4 is 12.2 Å². The van der Waals surface area contributed by atoms with Crippen molar-refractivity contribution in [2.45, 2.75) is 25.6 Å². The zero-order chi connectivity index (χ0) is 13.7. The number of carbonyl (C=O) groups excluding carboxylic acids is 2. The Labute approximate surface area is 112 Å². The van der Waals surface area contributed by atoms with Crippen molar-refractivity contribution < 1.29 is 14.3 Å². The van der Waals surface area contributed by atoms with Gasteiger partial charge in [0.25, 0.3) is 0 Å².